The Bertz CT molecular complexity index is 585. The SMILES string of the molecule is CCCCCCCCCCC(=O)NC(COP(=O)(O)OCC[N+](C)(C)C)C(O)CCCCCCCC. The number of hydrogen-bond donors (Lipinski definition) is 3. The van der Waals surface area contributed by atoms with Crippen LogP contribution in [0, 0.1) is 0 Å². The number of phosphoric ester groups is 1. The van der Waals surface area contributed by atoms with Crippen LogP contribution in [0.2, 0.25) is 0 Å². The van der Waals surface area contributed by atoms with Gasteiger partial charge < -0.3 is 19.8 Å². The maximum absolute atomic E-state index is 12.5. The van der Waals surface area contributed by atoms with Gasteiger partial charge in [0.25, 0.3) is 0 Å². The summed E-state index contributed by atoms with van der Waals surface area (Å²) in [6, 6.07) is -0.746. The van der Waals surface area contributed by atoms with Gasteiger partial charge in [-0.2, -0.15) is 0 Å². The fraction of sp³-hybridized carbons (Fsp3) is 0.963. The van der Waals surface area contributed by atoms with E-state index in [0.29, 0.717) is 23.9 Å². The number of quaternary nitrogens is 1. The van der Waals surface area contributed by atoms with E-state index < -0.39 is 20.0 Å². The van der Waals surface area contributed by atoms with Crippen LogP contribution in [0.4, 0.5) is 0 Å². The van der Waals surface area contributed by atoms with Gasteiger partial charge in [-0.3, -0.25) is 13.8 Å². The Morgan fingerprint density at radius 1 is 0.833 bits per heavy atom. The summed E-state index contributed by atoms with van der Waals surface area (Å²) in [6.45, 7) is 4.75. The predicted octanol–water partition coefficient (Wildman–Crippen LogP) is 5.95. The Morgan fingerprint density at radius 2 is 1.33 bits per heavy atom. The van der Waals surface area contributed by atoms with E-state index in [4.69, 9.17) is 9.05 Å². The highest BCUT2D eigenvalue weighted by Crippen LogP contribution is 2.43. The molecule has 9 heteroatoms. The number of hydrogen-bond acceptors (Lipinski definition) is 5. The van der Waals surface area contributed by atoms with Gasteiger partial charge in [-0.25, -0.2) is 4.57 Å². The molecule has 0 aromatic carbocycles. The van der Waals surface area contributed by atoms with Gasteiger partial charge in [0.2, 0.25) is 5.91 Å². The Hall–Kier alpha value is -0.500. The second-order valence-electron chi connectivity index (χ2n) is 11.1. The Labute approximate surface area is 221 Å². The van der Waals surface area contributed by atoms with E-state index in [9.17, 15) is 19.4 Å². The summed E-state index contributed by atoms with van der Waals surface area (Å²) in [7, 11) is 1.61. The number of carbonyl (C=O) groups is 1. The van der Waals surface area contributed by atoms with Crippen LogP contribution in [0.3, 0.4) is 0 Å². The molecule has 1 amide bonds. The minimum Gasteiger partial charge on any atom is -0.391 e. The Balaban J connectivity index is 4.61. The molecular formula is C27H58N2O6P+. The van der Waals surface area contributed by atoms with Crippen molar-refractivity contribution in [2.24, 2.45) is 0 Å². The van der Waals surface area contributed by atoms with Crippen LogP contribution in [-0.4, -0.2) is 73.4 Å². The van der Waals surface area contributed by atoms with Crippen molar-refractivity contribution in [3.8, 4) is 0 Å². The largest absolute Gasteiger partial charge is 0.472 e. The zero-order valence-corrected chi connectivity index (χ0v) is 24.9. The number of unbranched alkanes of at least 4 members (excludes halogenated alkanes) is 12. The fourth-order valence-electron chi connectivity index (χ4n) is 3.92. The molecule has 0 rings (SSSR count). The number of nitrogens with one attached hydrogen (secondary N) is 1. The second-order valence-corrected chi connectivity index (χ2v) is 12.6. The van der Waals surface area contributed by atoms with Crippen molar-refractivity contribution in [1.29, 1.82) is 0 Å². The van der Waals surface area contributed by atoms with Crippen molar-refractivity contribution in [2.45, 2.75) is 129 Å². The van der Waals surface area contributed by atoms with Crippen LogP contribution < -0.4 is 5.32 Å². The zero-order chi connectivity index (χ0) is 27.3. The van der Waals surface area contributed by atoms with Crippen molar-refractivity contribution in [2.75, 3.05) is 40.9 Å². The number of aliphatic hydroxyl groups excluding tert-OH is 1. The molecular weight excluding hydrogens is 479 g/mol. The van der Waals surface area contributed by atoms with Crippen molar-refractivity contribution >= 4 is 13.7 Å². The molecule has 8 nitrogen and oxygen atoms in total. The van der Waals surface area contributed by atoms with E-state index in [2.05, 4.69) is 19.2 Å². The molecule has 0 aliphatic rings. The molecule has 0 saturated carbocycles. The lowest BCUT2D eigenvalue weighted by Gasteiger charge is -2.26. The summed E-state index contributed by atoms with van der Waals surface area (Å²) >= 11 is 0. The van der Waals surface area contributed by atoms with Gasteiger partial charge in [0.1, 0.15) is 13.2 Å². The molecule has 36 heavy (non-hydrogen) atoms. The summed E-state index contributed by atoms with van der Waals surface area (Å²) in [5, 5.41) is 13.6. The van der Waals surface area contributed by atoms with Gasteiger partial charge >= 0.3 is 7.82 Å². The third-order valence-electron chi connectivity index (χ3n) is 6.36. The molecule has 0 aromatic rings. The van der Waals surface area contributed by atoms with Gasteiger partial charge in [-0.15, -0.1) is 0 Å². The lowest BCUT2D eigenvalue weighted by atomic mass is 10.0. The average Bonchev–Trinajstić information content (AvgIpc) is 2.79. The Morgan fingerprint density at radius 3 is 1.86 bits per heavy atom. The number of carbonyl (C=O) groups excluding carboxylic acids is 1. The molecule has 0 aromatic heterocycles. The normalized spacial score (nSPS) is 15.4. The molecule has 216 valence electrons. The number of aliphatic hydroxyl groups is 1. The highest BCUT2D eigenvalue weighted by molar-refractivity contribution is 7.47. The van der Waals surface area contributed by atoms with Gasteiger partial charge in [0.05, 0.1) is 39.9 Å². The molecule has 0 radical (unpaired) electrons. The minimum atomic E-state index is -4.27. The lowest BCUT2D eigenvalue weighted by molar-refractivity contribution is -0.870. The van der Waals surface area contributed by atoms with Crippen LogP contribution in [0.1, 0.15) is 117 Å². The van der Waals surface area contributed by atoms with Crippen molar-refractivity contribution in [3.05, 3.63) is 0 Å². The van der Waals surface area contributed by atoms with Crippen LogP contribution in [0.5, 0.6) is 0 Å². The topological polar surface area (TPSA) is 105 Å². The minimum absolute atomic E-state index is 0.0764. The third kappa shape index (κ3) is 22.7. The van der Waals surface area contributed by atoms with Crippen molar-refractivity contribution < 1.29 is 32.9 Å². The van der Waals surface area contributed by atoms with Crippen molar-refractivity contribution in [3.63, 3.8) is 0 Å². The highest BCUT2D eigenvalue weighted by Gasteiger charge is 2.28. The quantitative estimate of drug-likeness (QED) is 0.0755. The number of rotatable bonds is 25. The van der Waals surface area contributed by atoms with Gasteiger partial charge in [0.15, 0.2) is 0 Å². The highest BCUT2D eigenvalue weighted by atomic mass is 31.2. The van der Waals surface area contributed by atoms with E-state index in [0.717, 1.165) is 38.5 Å². The molecule has 0 aliphatic heterocycles. The summed E-state index contributed by atoms with van der Waals surface area (Å²) in [5.74, 6) is -0.157. The second kappa shape index (κ2) is 21.4. The molecule has 0 fully saturated rings. The van der Waals surface area contributed by atoms with Crippen LogP contribution >= 0.6 is 7.82 Å². The third-order valence-corrected chi connectivity index (χ3v) is 7.34. The van der Waals surface area contributed by atoms with Crippen LogP contribution in [-0.2, 0) is 18.4 Å². The van der Waals surface area contributed by atoms with E-state index >= 15 is 0 Å². The standard InChI is InChI=1S/C27H57N2O6P/c1-6-8-10-12-14-15-17-19-21-27(31)28-25(26(30)20-18-16-13-11-9-7-2)24-35-36(32,33)34-23-22-29(3,4)5/h25-26,30H,6-24H2,1-5H3,(H-,28,31,32,33)/p+1. The first kappa shape index (κ1) is 35.5. The first-order chi connectivity index (χ1) is 17.0. The summed E-state index contributed by atoms with van der Waals surface area (Å²) < 4.78 is 23.2. The first-order valence-electron chi connectivity index (χ1n) is 14.4. The van der Waals surface area contributed by atoms with E-state index in [-0.39, 0.29) is 19.1 Å². The maximum Gasteiger partial charge on any atom is 0.472 e. The predicted molar refractivity (Wildman–Crippen MR) is 148 cm³/mol. The van der Waals surface area contributed by atoms with Crippen molar-refractivity contribution in [1.82, 2.24) is 5.32 Å². The monoisotopic (exact) mass is 537 g/mol. The molecule has 0 heterocycles. The molecule has 0 saturated heterocycles. The summed E-state index contributed by atoms with van der Waals surface area (Å²) in [5.41, 5.74) is 0. The molecule has 3 N–H and O–H groups in total. The molecule has 0 aliphatic carbocycles. The molecule has 0 spiro atoms. The first-order valence-corrected chi connectivity index (χ1v) is 15.9. The van der Waals surface area contributed by atoms with E-state index in [1.54, 1.807) is 0 Å². The Kier molecular flexibility index (Phi) is 21.1. The number of phosphoric acid groups is 1. The average molecular weight is 538 g/mol. The summed E-state index contributed by atoms with van der Waals surface area (Å²) in [6.07, 6.45) is 15.8. The number of nitrogens with zero attached hydrogens (tertiary/aromatic N) is 1. The zero-order valence-electron chi connectivity index (χ0n) is 24.0. The fourth-order valence-corrected chi connectivity index (χ4v) is 4.66. The van der Waals surface area contributed by atoms with Crippen LogP contribution in [0.15, 0.2) is 0 Å². The number of likely N-dealkylation sites (N-methyl/N-ethyl adjacent to an activating group) is 1. The van der Waals surface area contributed by atoms with Crippen LogP contribution in [0.25, 0.3) is 0 Å². The van der Waals surface area contributed by atoms with E-state index in [1.807, 2.05) is 21.1 Å². The maximum atomic E-state index is 12.5. The molecule has 3 atom stereocenters. The molecule has 3 unspecified atom stereocenters. The van der Waals surface area contributed by atoms with Gasteiger partial charge in [0, 0.05) is 6.42 Å². The summed E-state index contributed by atoms with van der Waals surface area (Å²) in [4.78, 5) is 22.6. The molecule has 0 bridgehead atoms. The van der Waals surface area contributed by atoms with Gasteiger partial charge in [-0.05, 0) is 12.8 Å². The smallest absolute Gasteiger partial charge is 0.391 e. The number of amides is 1. The van der Waals surface area contributed by atoms with E-state index in [1.165, 1.54) is 51.4 Å². The van der Waals surface area contributed by atoms with Gasteiger partial charge in [-0.1, -0.05) is 97.3 Å². The lowest BCUT2D eigenvalue weighted by Crippen LogP contribution is -2.46.